The maximum atomic E-state index is 14.7. The van der Waals surface area contributed by atoms with Crippen LogP contribution in [0.15, 0.2) is 30.7 Å². The van der Waals surface area contributed by atoms with Gasteiger partial charge in [0, 0.05) is 49.1 Å². The van der Waals surface area contributed by atoms with Gasteiger partial charge in [-0.15, -0.1) is 0 Å². The molecule has 2 aromatic heterocycles. The van der Waals surface area contributed by atoms with E-state index in [1.165, 1.54) is 25.1 Å². The van der Waals surface area contributed by atoms with E-state index in [9.17, 15) is 17.9 Å². The van der Waals surface area contributed by atoms with E-state index in [1.807, 2.05) is 12.3 Å². The van der Waals surface area contributed by atoms with Crippen molar-refractivity contribution < 1.29 is 17.9 Å². The van der Waals surface area contributed by atoms with Gasteiger partial charge in [0.15, 0.2) is 5.67 Å². The molecular formula is C26H34FN7O3S. The Morgan fingerprint density at radius 2 is 1.95 bits per heavy atom. The number of anilines is 4. The summed E-state index contributed by atoms with van der Waals surface area (Å²) in [7, 11) is -3.00. The third kappa shape index (κ3) is 5.51. The highest BCUT2D eigenvalue weighted by Crippen LogP contribution is 2.37. The molecule has 3 aromatic rings. The third-order valence-corrected chi connectivity index (χ3v) is 8.40. The van der Waals surface area contributed by atoms with Gasteiger partial charge in [-0.1, -0.05) is 19.9 Å². The zero-order valence-electron chi connectivity index (χ0n) is 22.1. The first kappa shape index (κ1) is 26.5. The lowest BCUT2D eigenvalue weighted by atomic mass is 9.93. The molecule has 38 heavy (non-hydrogen) atoms. The Bertz CT molecular complexity index is 1440. The summed E-state index contributed by atoms with van der Waals surface area (Å²) in [5.41, 5.74) is 0.468. The van der Waals surface area contributed by atoms with Crippen molar-refractivity contribution in [3.05, 3.63) is 36.3 Å². The molecule has 0 saturated carbocycles. The smallest absolute Gasteiger partial charge is 0.233 e. The Hall–Kier alpha value is -3.12. The maximum Gasteiger partial charge on any atom is 0.233 e. The number of halogens is 1. The summed E-state index contributed by atoms with van der Waals surface area (Å²) < 4.78 is 38.0. The molecule has 2 N–H and O–H groups in total. The molecule has 2 fully saturated rings. The maximum absolute atomic E-state index is 14.7. The minimum atomic E-state index is -3.00. The SMILES string of the molecule is CC(C)c1ccc(N2CC(CS(C)(=O)=O)C2)c2cnc(Nc3ncnc(N4CCC(O)C(C)(F)C4)n3)cc12. The summed E-state index contributed by atoms with van der Waals surface area (Å²) in [5.74, 6) is 1.82. The highest BCUT2D eigenvalue weighted by molar-refractivity contribution is 7.90. The van der Waals surface area contributed by atoms with Crippen molar-refractivity contribution in [3.8, 4) is 0 Å². The van der Waals surface area contributed by atoms with Crippen LogP contribution in [0.3, 0.4) is 0 Å². The van der Waals surface area contributed by atoms with Crippen LogP contribution in [0.5, 0.6) is 0 Å². The lowest BCUT2D eigenvalue weighted by Gasteiger charge is -2.41. The van der Waals surface area contributed by atoms with Crippen molar-refractivity contribution >= 4 is 44.0 Å². The van der Waals surface area contributed by atoms with E-state index in [0.29, 0.717) is 43.8 Å². The first-order chi connectivity index (χ1) is 17.9. The van der Waals surface area contributed by atoms with Crippen molar-refractivity contribution in [2.75, 3.05) is 53.3 Å². The van der Waals surface area contributed by atoms with Crippen molar-refractivity contribution in [2.24, 2.45) is 5.92 Å². The molecule has 12 heteroatoms. The minimum absolute atomic E-state index is 0.00604. The summed E-state index contributed by atoms with van der Waals surface area (Å²) in [6.07, 6.45) is 3.76. The second-order valence-corrected chi connectivity index (χ2v) is 13.2. The van der Waals surface area contributed by atoms with Crippen LogP contribution in [0.1, 0.15) is 38.7 Å². The first-order valence-corrected chi connectivity index (χ1v) is 14.9. The molecule has 2 aliphatic heterocycles. The summed E-state index contributed by atoms with van der Waals surface area (Å²) in [5, 5.41) is 15.1. The quantitative estimate of drug-likeness (QED) is 0.459. The molecule has 2 aliphatic rings. The highest BCUT2D eigenvalue weighted by atomic mass is 32.2. The molecule has 2 unspecified atom stereocenters. The Kier molecular flexibility index (Phi) is 6.89. The van der Waals surface area contributed by atoms with Gasteiger partial charge in [-0.3, -0.25) is 0 Å². The van der Waals surface area contributed by atoms with Gasteiger partial charge >= 0.3 is 0 Å². The average Bonchev–Trinajstić information content (AvgIpc) is 2.81. The number of sulfone groups is 1. The first-order valence-electron chi connectivity index (χ1n) is 12.8. The monoisotopic (exact) mass is 543 g/mol. The predicted molar refractivity (Wildman–Crippen MR) is 147 cm³/mol. The van der Waals surface area contributed by atoms with Crippen LogP contribution in [0.4, 0.5) is 27.8 Å². The summed E-state index contributed by atoms with van der Waals surface area (Å²) >= 11 is 0. The predicted octanol–water partition coefficient (Wildman–Crippen LogP) is 3.07. The zero-order valence-corrected chi connectivity index (χ0v) is 22.9. The number of piperidine rings is 1. The molecule has 2 saturated heterocycles. The van der Waals surface area contributed by atoms with Crippen LogP contribution in [0, 0.1) is 5.92 Å². The minimum Gasteiger partial charge on any atom is -0.390 e. The van der Waals surface area contributed by atoms with Gasteiger partial charge in [0.1, 0.15) is 22.0 Å². The number of benzene rings is 1. The fourth-order valence-corrected chi connectivity index (χ4v) is 6.38. The molecule has 5 rings (SSSR count). The summed E-state index contributed by atoms with van der Waals surface area (Å²) in [6, 6.07) is 6.19. The number of hydrogen-bond donors (Lipinski definition) is 2. The van der Waals surface area contributed by atoms with Gasteiger partial charge in [-0.05, 0) is 42.3 Å². The van der Waals surface area contributed by atoms with Crippen LogP contribution in [-0.4, -0.2) is 83.4 Å². The van der Waals surface area contributed by atoms with E-state index in [0.717, 1.165) is 16.5 Å². The van der Waals surface area contributed by atoms with E-state index < -0.39 is 21.6 Å². The van der Waals surface area contributed by atoms with Crippen molar-refractivity contribution in [3.63, 3.8) is 0 Å². The molecule has 204 valence electrons. The molecule has 0 bridgehead atoms. The van der Waals surface area contributed by atoms with Crippen LogP contribution < -0.4 is 15.1 Å². The normalized spacial score (nSPS) is 22.7. The van der Waals surface area contributed by atoms with Gasteiger partial charge in [-0.2, -0.15) is 4.98 Å². The van der Waals surface area contributed by atoms with Crippen molar-refractivity contribution in [1.29, 1.82) is 0 Å². The van der Waals surface area contributed by atoms with E-state index >= 15 is 0 Å². The van der Waals surface area contributed by atoms with E-state index in [1.54, 1.807) is 4.90 Å². The summed E-state index contributed by atoms with van der Waals surface area (Å²) in [4.78, 5) is 21.4. The Morgan fingerprint density at radius 1 is 1.18 bits per heavy atom. The van der Waals surface area contributed by atoms with Crippen LogP contribution in [0.25, 0.3) is 10.8 Å². The molecular weight excluding hydrogens is 509 g/mol. The Labute approximate surface area is 222 Å². The number of hydrogen-bond acceptors (Lipinski definition) is 10. The lowest BCUT2D eigenvalue weighted by Crippen LogP contribution is -2.52. The van der Waals surface area contributed by atoms with Crippen molar-refractivity contribution in [1.82, 2.24) is 19.9 Å². The van der Waals surface area contributed by atoms with E-state index in [4.69, 9.17) is 0 Å². The number of nitrogens with one attached hydrogen (secondary N) is 1. The topological polar surface area (TPSA) is 124 Å². The number of aliphatic hydroxyl groups is 1. The third-order valence-electron chi connectivity index (χ3n) is 7.32. The lowest BCUT2D eigenvalue weighted by molar-refractivity contribution is -0.00860. The number of aliphatic hydroxyl groups excluding tert-OH is 1. The standard InChI is InChI=1S/C26H34FN7O3S/c1-16(2)18-5-6-21(34-11-17(12-34)13-38(4,36)37)20-10-28-23(9-19(18)20)31-24-29-15-30-25(32-24)33-8-7-22(35)26(3,27)14-33/h5-6,9-10,15-17,22,35H,7-8,11-14H2,1-4H3,(H,28,29,30,31,32). The number of rotatable bonds is 7. The fourth-order valence-electron chi connectivity index (χ4n) is 5.32. The number of alkyl halides is 1. The van der Waals surface area contributed by atoms with E-state index in [2.05, 4.69) is 56.1 Å². The van der Waals surface area contributed by atoms with Crippen LogP contribution in [-0.2, 0) is 9.84 Å². The van der Waals surface area contributed by atoms with Gasteiger partial charge in [-0.25, -0.2) is 27.8 Å². The largest absolute Gasteiger partial charge is 0.390 e. The molecule has 0 amide bonds. The second-order valence-electron chi connectivity index (χ2n) is 11.0. The highest BCUT2D eigenvalue weighted by Gasteiger charge is 2.40. The number of aromatic nitrogens is 4. The molecule has 1 aromatic carbocycles. The average molecular weight is 544 g/mol. The summed E-state index contributed by atoms with van der Waals surface area (Å²) in [6.45, 7) is 7.50. The zero-order chi connectivity index (χ0) is 27.2. The van der Waals surface area contributed by atoms with Crippen molar-refractivity contribution in [2.45, 2.75) is 44.9 Å². The van der Waals surface area contributed by atoms with Crippen LogP contribution >= 0.6 is 0 Å². The van der Waals surface area contributed by atoms with Gasteiger partial charge < -0.3 is 20.2 Å². The van der Waals surface area contributed by atoms with Gasteiger partial charge in [0.25, 0.3) is 0 Å². The number of pyridine rings is 1. The molecule has 4 heterocycles. The van der Waals surface area contributed by atoms with E-state index in [-0.39, 0.29) is 24.1 Å². The second kappa shape index (κ2) is 9.88. The molecule has 0 radical (unpaired) electrons. The molecule has 0 spiro atoms. The molecule has 2 atom stereocenters. The Morgan fingerprint density at radius 3 is 2.63 bits per heavy atom. The number of nitrogens with zero attached hydrogens (tertiary/aromatic N) is 6. The van der Waals surface area contributed by atoms with Gasteiger partial charge in [0.05, 0.1) is 18.4 Å². The molecule has 10 nitrogen and oxygen atoms in total. The Balaban J connectivity index is 1.39. The van der Waals surface area contributed by atoms with Crippen LogP contribution in [0.2, 0.25) is 0 Å². The fraction of sp³-hybridized carbons (Fsp3) is 0.538. The number of fused-ring (bicyclic) bond motifs is 1. The molecule has 0 aliphatic carbocycles. The van der Waals surface area contributed by atoms with Gasteiger partial charge in [0.2, 0.25) is 11.9 Å².